The van der Waals surface area contributed by atoms with E-state index >= 15 is 0 Å². The number of carbonyl (C=O) groups is 3. The summed E-state index contributed by atoms with van der Waals surface area (Å²) in [5.41, 5.74) is -0.691. The van der Waals surface area contributed by atoms with Crippen LogP contribution in [0.1, 0.15) is 88.5 Å². The van der Waals surface area contributed by atoms with Gasteiger partial charge >= 0.3 is 6.72 Å². The SMILES string of the molecule is COP(=S)(OCC(=O)N1C[C@H](O)C[C@H]1C)OC(CNC(=O)C(C)CC(C)(C)C)CNC(=O)C(C)(C)CC(C)(C)C. The largest absolute Gasteiger partial charge is 0.391 e. The van der Waals surface area contributed by atoms with E-state index in [4.69, 9.17) is 25.4 Å². The smallest absolute Gasteiger partial charge is 0.327 e. The average Bonchev–Trinajstić information content (AvgIpc) is 3.13. The molecule has 0 saturated carbocycles. The standard InChI is InChI=1S/C28H54N3O7PS/c1-19(13-26(3,4)5)24(34)29-14-22(15-30-25(35)28(9,10)18-27(6,7)8)38-39(40,36-11)37-17-23(33)31-16-21(32)12-20(31)2/h19-22,32H,12-18H2,1-11H3,(H,29,34)(H,30,35)/t19?,20-,21-,22?,39?/m1/s1. The molecule has 0 spiro atoms. The van der Waals surface area contributed by atoms with Crippen molar-refractivity contribution in [1.82, 2.24) is 15.5 Å². The van der Waals surface area contributed by atoms with Crippen LogP contribution in [-0.2, 0) is 39.8 Å². The Hall–Kier alpha value is -1.10. The molecule has 10 nitrogen and oxygen atoms in total. The van der Waals surface area contributed by atoms with Crippen molar-refractivity contribution in [2.45, 2.75) is 107 Å². The normalized spacial score (nSPS) is 21.4. The fourth-order valence-corrected chi connectivity index (χ4v) is 6.83. The molecule has 0 aromatic rings. The van der Waals surface area contributed by atoms with Gasteiger partial charge in [0.25, 0.3) is 0 Å². The lowest BCUT2D eigenvalue weighted by Gasteiger charge is -2.32. The van der Waals surface area contributed by atoms with Crippen LogP contribution in [-0.4, -0.2) is 79.3 Å². The van der Waals surface area contributed by atoms with E-state index in [0.29, 0.717) is 19.3 Å². The van der Waals surface area contributed by atoms with E-state index in [-0.39, 0.29) is 66.8 Å². The molecule has 0 radical (unpaired) electrons. The second-order valence-electron chi connectivity index (χ2n) is 14.2. The van der Waals surface area contributed by atoms with Crippen molar-refractivity contribution in [2.24, 2.45) is 22.2 Å². The summed E-state index contributed by atoms with van der Waals surface area (Å²) in [6, 6.07) is -0.114. The van der Waals surface area contributed by atoms with Crippen LogP contribution in [0, 0.1) is 22.2 Å². The van der Waals surface area contributed by atoms with Crippen LogP contribution in [0.3, 0.4) is 0 Å². The summed E-state index contributed by atoms with van der Waals surface area (Å²) in [5.74, 6) is -0.826. The second kappa shape index (κ2) is 14.9. The lowest BCUT2D eigenvalue weighted by atomic mass is 9.76. The molecule has 234 valence electrons. The molecule has 1 aliphatic rings. The summed E-state index contributed by atoms with van der Waals surface area (Å²) >= 11 is 5.55. The van der Waals surface area contributed by atoms with E-state index in [9.17, 15) is 19.5 Å². The van der Waals surface area contributed by atoms with Gasteiger partial charge in [-0.25, -0.2) is 0 Å². The zero-order chi connectivity index (χ0) is 31.1. The molecule has 0 aliphatic carbocycles. The minimum atomic E-state index is -3.42. The Morgan fingerprint density at radius 3 is 2.10 bits per heavy atom. The van der Waals surface area contributed by atoms with Crippen molar-refractivity contribution in [3.63, 3.8) is 0 Å². The predicted molar refractivity (Wildman–Crippen MR) is 161 cm³/mol. The Labute approximate surface area is 246 Å². The van der Waals surface area contributed by atoms with Gasteiger partial charge in [0.2, 0.25) is 17.7 Å². The Morgan fingerprint density at radius 2 is 1.62 bits per heavy atom. The highest BCUT2D eigenvalue weighted by Gasteiger charge is 2.35. The van der Waals surface area contributed by atoms with Crippen LogP contribution in [0.25, 0.3) is 0 Å². The van der Waals surface area contributed by atoms with Gasteiger partial charge in [0.1, 0.15) is 12.7 Å². The first kappa shape index (κ1) is 36.9. The molecule has 0 aromatic heterocycles. The first-order valence-electron chi connectivity index (χ1n) is 14.1. The van der Waals surface area contributed by atoms with E-state index in [1.165, 1.54) is 7.11 Å². The van der Waals surface area contributed by atoms with Crippen molar-refractivity contribution in [2.75, 3.05) is 33.4 Å². The van der Waals surface area contributed by atoms with Gasteiger partial charge in [-0.2, -0.15) is 0 Å². The summed E-state index contributed by atoms with van der Waals surface area (Å²) in [5, 5.41) is 15.7. The summed E-state index contributed by atoms with van der Waals surface area (Å²) in [6.45, 7) is 16.6. The van der Waals surface area contributed by atoms with Gasteiger partial charge in [0.05, 0.1) is 6.10 Å². The van der Waals surface area contributed by atoms with Crippen LogP contribution in [0.2, 0.25) is 0 Å². The fraction of sp³-hybridized carbons (Fsp3) is 0.893. The van der Waals surface area contributed by atoms with Gasteiger partial charge in [-0.3, -0.25) is 18.9 Å². The number of nitrogens with one attached hydrogen (secondary N) is 2. The van der Waals surface area contributed by atoms with Crippen molar-refractivity contribution >= 4 is 36.2 Å². The number of nitrogens with zero attached hydrogens (tertiary/aromatic N) is 1. The van der Waals surface area contributed by atoms with Crippen molar-refractivity contribution in [1.29, 1.82) is 0 Å². The molecule has 1 heterocycles. The molecule has 12 heteroatoms. The van der Waals surface area contributed by atoms with E-state index < -0.39 is 24.3 Å². The lowest BCUT2D eigenvalue weighted by Crippen LogP contribution is -2.46. The van der Waals surface area contributed by atoms with E-state index in [0.717, 1.165) is 0 Å². The molecule has 3 N–H and O–H groups in total. The maximum atomic E-state index is 13.1. The van der Waals surface area contributed by atoms with Gasteiger partial charge in [0.15, 0.2) is 0 Å². The van der Waals surface area contributed by atoms with E-state index in [2.05, 4.69) is 52.2 Å². The summed E-state index contributed by atoms with van der Waals surface area (Å²) in [7, 11) is 1.35. The Balaban J connectivity index is 2.96. The number of β-amino-alcohol motifs (C(OH)–C–C–N with tert-alkyl or cyclic N) is 1. The van der Waals surface area contributed by atoms with Crippen molar-refractivity contribution in [3.05, 3.63) is 0 Å². The van der Waals surface area contributed by atoms with Gasteiger partial charge in [-0.1, -0.05) is 62.3 Å². The number of rotatable bonds is 14. The molecular formula is C28H54N3O7PS. The maximum absolute atomic E-state index is 13.1. The highest BCUT2D eigenvalue weighted by molar-refractivity contribution is 8.07. The third-order valence-electron chi connectivity index (χ3n) is 6.67. The Bertz CT molecular complexity index is 917. The quantitative estimate of drug-likeness (QED) is 0.253. The maximum Gasteiger partial charge on any atom is 0.327 e. The number of aliphatic hydroxyl groups excluding tert-OH is 1. The molecule has 5 atom stereocenters. The molecule has 0 bridgehead atoms. The molecule has 1 rings (SSSR count). The van der Waals surface area contributed by atoms with Crippen molar-refractivity contribution < 1.29 is 33.1 Å². The second-order valence-corrected chi connectivity index (χ2v) is 17.2. The number of carbonyl (C=O) groups excluding carboxylic acids is 3. The fourth-order valence-electron chi connectivity index (χ4n) is 5.27. The average molecular weight is 608 g/mol. The van der Waals surface area contributed by atoms with Crippen LogP contribution < -0.4 is 10.6 Å². The Kier molecular flexibility index (Phi) is 13.7. The predicted octanol–water partition coefficient (Wildman–Crippen LogP) is 4.01. The minimum Gasteiger partial charge on any atom is -0.391 e. The molecule has 1 saturated heterocycles. The number of aliphatic hydroxyl groups is 1. The highest BCUT2D eigenvalue weighted by atomic mass is 32.5. The number of amides is 3. The molecule has 0 aromatic carbocycles. The van der Waals surface area contributed by atoms with Crippen LogP contribution >= 0.6 is 6.72 Å². The topological polar surface area (TPSA) is 126 Å². The lowest BCUT2D eigenvalue weighted by molar-refractivity contribution is -0.134. The minimum absolute atomic E-state index is 0.0140. The Morgan fingerprint density at radius 1 is 1.05 bits per heavy atom. The van der Waals surface area contributed by atoms with E-state index in [1.54, 1.807) is 4.90 Å². The summed E-state index contributed by atoms with van der Waals surface area (Å²) < 4.78 is 17.2. The molecule has 3 amide bonds. The zero-order valence-corrected chi connectivity index (χ0v) is 28.2. The summed E-state index contributed by atoms with van der Waals surface area (Å²) in [4.78, 5) is 40.2. The monoisotopic (exact) mass is 607 g/mol. The first-order chi connectivity index (χ1) is 18.1. The van der Waals surface area contributed by atoms with Crippen LogP contribution in [0.15, 0.2) is 0 Å². The zero-order valence-electron chi connectivity index (χ0n) is 26.5. The van der Waals surface area contributed by atoms with Gasteiger partial charge in [-0.05, 0) is 48.8 Å². The van der Waals surface area contributed by atoms with Gasteiger partial charge < -0.3 is 29.7 Å². The number of hydrogen-bond donors (Lipinski definition) is 3. The van der Waals surface area contributed by atoms with E-state index in [1.807, 2.05) is 27.7 Å². The third-order valence-corrected chi connectivity index (χ3v) is 9.14. The summed E-state index contributed by atoms with van der Waals surface area (Å²) in [6.07, 6.45) is 0.548. The van der Waals surface area contributed by atoms with Gasteiger partial charge in [-0.15, -0.1) is 0 Å². The third kappa shape index (κ3) is 13.3. The van der Waals surface area contributed by atoms with Crippen LogP contribution in [0.4, 0.5) is 0 Å². The molecule has 1 aliphatic heterocycles. The molecule has 3 unspecified atom stereocenters. The van der Waals surface area contributed by atoms with Crippen LogP contribution in [0.5, 0.6) is 0 Å². The molecular weight excluding hydrogens is 553 g/mol. The van der Waals surface area contributed by atoms with Gasteiger partial charge in [0, 0.05) is 44.1 Å². The molecule has 40 heavy (non-hydrogen) atoms. The number of likely N-dealkylation sites (tertiary alicyclic amines) is 1. The molecule has 1 fully saturated rings. The number of hydrogen-bond acceptors (Lipinski definition) is 8. The van der Waals surface area contributed by atoms with Crippen molar-refractivity contribution in [3.8, 4) is 0 Å². The first-order valence-corrected chi connectivity index (χ1v) is 16.7. The highest BCUT2D eigenvalue weighted by Crippen LogP contribution is 2.50.